The van der Waals surface area contributed by atoms with Gasteiger partial charge in [0.05, 0.1) is 12.1 Å². The van der Waals surface area contributed by atoms with Crippen molar-refractivity contribution in [1.29, 1.82) is 0 Å². The molecular weight excluding hydrogens is 294 g/mol. The number of ether oxygens (including phenoxy) is 1. The van der Waals surface area contributed by atoms with E-state index in [2.05, 4.69) is 5.32 Å². The molecule has 0 aliphatic rings. The molecule has 4 N–H and O–H groups in total. The minimum Gasteiger partial charge on any atom is -0.508 e. The van der Waals surface area contributed by atoms with Gasteiger partial charge >= 0.3 is 0 Å². The minimum atomic E-state index is -0.710. The molecule has 2 aromatic rings. The van der Waals surface area contributed by atoms with E-state index in [4.69, 9.17) is 4.74 Å². The van der Waals surface area contributed by atoms with Gasteiger partial charge in [0.2, 0.25) is 0 Å². The fraction of sp³-hybridized carbons (Fsp3) is 0.333. The zero-order chi connectivity index (χ0) is 16.7. The van der Waals surface area contributed by atoms with Crippen molar-refractivity contribution in [3.05, 3.63) is 60.2 Å². The number of para-hydroxylation sites is 1. The van der Waals surface area contributed by atoms with E-state index in [-0.39, 0.29) is 25.5 Å². The quantitative estimate of drug-likeness (QED) is 0.595. The largest absolute Gasteiger partial charge is 0.508 e. The lowest BCUT2D eigenvalue weighted by atomic mass is 9.92. The molecule has 0 bridgehead atoms. The maximum atomic E-state index is 10.1. The number of aliphatic hydroxyl groups is 2. The zero-order valence-corrected chi connectivity index (χ0v) is 13.1. The molecule has 124 valence electrons. The van der Waals surface area contributed by atoms with E-state index in [1.54, 1.807) is 24.3 Å². The number of aromatic hydroxyl groups is 1. The average molecular weight is 317 g/mol. The number of phenols is 1. The molecule has 0 unspecified atom stereocenters. The fourth-order valence-electron chi connectivity index (χ4n) is 2.19. The summed E-state index contributed by atoms with van der Waals surface area (Å²) < 4.78 is 5.50. The molecule has 5 nitrogen and oxygen atoms in total. The second-order valence-corrected chi connectivity index (χ2v) is 5.70. The molecule has 2 atom stereocenters. The monoisotopic (exact) mass is 317 g/mol. The predicted molar refractivity (Wildman–Crippen MR) is 88.5 cm³/mol. The molecule has 0 heterocycles. The number of hydrogen-bond acceptors (Lipinski definition) is 5. The summed E-state index contributed by atoms with van der Waals surface area (Å²) in [6, 6.07) is 15.9. The van der Waals surface area contributed by atoms with Crippen molar-refractivity contribution < 1.29 is 20.1 Å². The Bertz CT molecular complexity index is 588. The summed E-state index contributed by atoms with van der Waals surface area (Å²) in [6.07, 6.45) is -0.710. The van der Waals surface area contributed by atoms with Crippen molar-refractivity contribution in [3.63, 3.8) is 0 Å². The first-order chi connectivity index (χ1) is 11.0. The first-order valence-corrected chi connectivity index (χ1v) is 7.55. The van der Waals surface area contributed by atoms with Crippen LogP contribution in [0.4, 0.5) is 0 Å². The standard InChI is InChI=1S/C18H23NO4/c1-18(13-20,14-7-9-15(21)10-8-14)19-11-16(22)12-23-17-5-3-2-4-6-17/h2-10,16,19-22H,11-13H2,1H3/t16-,18+/m0/s1. The molecule has 2 rings (SSSR count). The van der Waals surface area contributed by atoms with E-state index < -0.39 is 11.6 Å². The topological polar surface area (TPSA) is 82.0 Å². The van der Waals surface area contributed by atoms with E-state index in [9.17, 15) is 15.3 Å². The van der Waals surface area contributed by atoms with E-state index in [0.29, 0.717) is 5.75 Å². The Kier molecular flexibility index (Phi) is 5.98. The van der Waals surface area contributed by atoms with E-state index in [1.165, 1.54) is 0 Å². The number of phenolic OH excluding ortho intramolecular Hbond substituents is 1. The smallest absolute Gasteiger partial charge is 0.119 e. The van der Waals surface area contributed by atoms with Gasteiger partial charge in [0.15, 0.2) is 0 Å². The fourth-order valence-corrected chi connectivity index (χ4v) is 2.19. The van der Waals surface area contributed by atoms with E-state index in [1.807, 2.05) is 37.3 Å². The lowest BCUT2D eigenvalue weighted by Gasteiger charge is -2.30. The van der Waals surface area contributed by atoms with Crippen molar-refractivity contribution in [2.45, 2.75) is 18.6 Å². The molecule has 5 heteroatoms. The summed E-state index contributed by atoms with van der Waals surface area (Å²) in [5.41, 5.74) is 0.121. The van der Waals surface area contributed by atoms with Gasteiger partial charge in [0.25, 0.3) is 0 Å². The molecule has 0 saturated heterocycles. The number of hydrogen-bond donors (Lipinski definition) is 4. The second kappa shape index (κ2) is 7.97. The zero-order valence-electron chi connectivity index (χ0n) is 13.1. The Morgan fingerprint density at radius 3 is 2.35 bits per heavy atom. The number of rotatable bonds is 8. The Morgan fingerprint density at radius 2 is 1.74 bits per heavy atom. The van der Waals surface area contributed by atoms with Gasteiger partial charge in [-0.1, -0.05) is 30.3 Å². The van der Waals surface area contributed by atoms with Crippen LogP contribution in [-0.2, 0) is 5.54 Å². The third kappa shape index (κ3) is 4.96. The number of benzene rings is 2. The Hall–Kier alpha value is -2.08. The molecule has 0 aromatic heterocycles. The highest BCUT2D eigenvalue weighted by Gasteiger charge is 2.26. The van der Waals surface area contributed by atoms with Crippen LogP contribution >= 0.6 is 0 Å². The van der Waals surface area contributed by atoms with Crippen molar-refractivity contribution in [1.82, 2.24) is 5.32 Å². The van der Waals surface area contributed by atoms with Crippen LogP contribution in [-0.4, -0.2) is 41.2 Å². The molecular formula is C18H23NO4. The molecule has 0 spiro atoms. The molecule has 0 aliphatic carbocycles. The Morgan fingerprint density at radius 1 is 1.09 bits per heavy atom. The Balaban J connectivity index is 1.87. The molecule has 0 saturated carbocycles. The van der Waals surface area contributed by atoms with E-state index >= 15 is 0 Å². The van der Waals surface area contributed by atoms with Crippen molar-refractivity contribution in [3.8, 4) is 11.5 Å². The van der Waals surface area contributed by atoms with Gasteiger partial charge in [-0.2, -0.15) is 0 Å². The molecule has 23 heavy (non-hydrogen) atoms. The van der Waals surface area contributed by atoms with Gasteiger partial charge in [-0.15, -0.1) is 0 Å². The Labute approximate surface area is 136 Å². The third-order valence-electron chi connectivity index (χ3n) is 3.73. The molecule has 0 radical (unpaired) electrons. The first kappa shape index (κ1) is 17.3. The third-order valence-corrected chi connectivity index (χ3v) is 3.73. The molecule has 0 amide bonds. The van der Waals surface area contributed by atoms with Gasteiger partial charge < -0.3 is 25.4 Å². The molecule has 0 fully saturated rings. The van der Waals surface area contributed by atoms with Crippen molar-refractivity contribution in [2.24, 2.45) is 0 Å². The van der Waals surface area contributed by atoms with Gasteiger partial charge in [-0.3, -0.25) is 0 Å². The van der Waals surface area contributed by atoms with Crippen LogP contribution in [0.1, 0.15) is 12.5 Å². The summed E-state index contributed by atoms with van der Waals surface area (Å²) in [5, 5.41) is 32.3. The average Bonchev–Trinajstić information content (AvgIpc) is 2.59. The van der Waals surface area contributed by atoms with Crippen LogP contribution in [0.2, 0.25) is 0 Å². The van der Waals surface area contributed by atoms with Crippen molar-refractivity contribution >= 4 is 0 Å². The molecule has 2 aromatic carbocycles. The highest BCUT2D eigenvalue weighted by atomic mass is 16.5. The maximum absolute atomic E-state index is 10.1. The van der Waals surface area contributed by atoms with Crippen LogP contribution < -0.4 is 10.1 Å². The lowest BCUT2D eigenvalue weighted by molar-refractivity contribution is 0.0871. The highest BCUT2D eigenvalue weighted by Crippen LogP contribution is 2.22. The van der Waals surface area contributed by atoms with Crippen LogP contribution in [0.15, 0.2) is 54.6 Å². The SMILES string of the molecule is C[C@](CO)(NC[C@H](O)COc1ccccc1)c1ccc(O)cc1. The number of aliphatic hydroxyl groups excluding tert-OH is 2. The summed E-state index contributed by atoms with van der Waals surface area (Å²) >= 11 is 0. The summed E-state index contributed by atoms with van der Waals surface area (Å²) in [5.74, 6) is 0.875. The first-order valence-electron chi connectivity index (χ1n) is 7.55. The minimum absolute atomic E-state index is 0.135. The van der Waals surface area contributed by atoms with Crippen LogP contribution in [0.25, 0.3) is 0 Å². The van der Waals surface area contributed by atoms with Gasteiger partial charge in [-0.05, 0) is 36.8 Å². The summed E-state index contributed by atoms with van der Waals surface area (Å²) in [4.78, 5) is 0. The summed E-state index contributed by atoms with van der Waals surface area (Å²) in [6.45, 7) is 2.13. The lowest BCUT2D eigenvalue weighted by Crippen LogP contribution is -2.47. The van der Waals surface area contributed by atoms with E-state index in [0.717, 1.165) is 5.56 Å². The van der Waals surface area contributed by atoms with Gasteiger partial charge in [0.1, 0.15) is 24.2 Å². The van der Waals surface area contributed by atoms with Crippen LogP contribution in [0.5, 0.6) is 11.5 Å². The normalized spacial score (nSPS) is 14.9. The van der Waals surface area contributed by atoms with Gasteiger partial charge in [0, 0.05) is 6.54 Å². The second-order valence-electron chi connectivity index (χ2n) is 5.70. The van der Waals surface area contributed by atoms with Crippen molar-refractivity contribution in [2.75, 3.05) is 19.8 Å². The summed E-state index contributed by atoms with van der Waals surface area (Å²) in [7, 11) is 0. The number of nitrogens with one attached hydrogen (secondary N) is 1. The highest BCUT2D eigenvalue weighted by molar-refractivity contribution is 5.30. The van der Waals surface area contributed by atoms with Crippen LogP contribution in [0.3, 0.4) is 0 Å². The van der Waals surface area contributed by atoms with Crippen LogP contribution in [0, 0.1) is 0 Å². The predicted octanol–water partition coefficient (Wildman–Crippen LogP) is 1.63. The van der Waals surface area contributed by atoms with Gasteiger partial charge in [-0.25, -0.2) is 0 Å². The maximum Gasteiger partial charge on any atom is 0.119 e. The molecule has 0 aliphatic heterocycles.